The van der Waals surface area contributed by atoms with Crippen LogP contribution in [-0.4, -0.2) is 10.9 Å². The molecule has 0 unspecified atom stereocenters. The first kappa shape index (κ1) is 13.6. The molecule has 0 aliphatic carbocycles. The molecule has 2 rings (SSSR count). The highest BCUT2D eigenvalue weighted by atomic mass is 16.3. The van der Waals surface area contributed by atoms with Crippen LogP contribution in [0, 0.1) is 18.3 Å². The van der Waals surface area contributed by atoms with Crippen molar-refractivity contribution < 1.29 is 9.90 Å². The summed E-state index contributed by atoms with van der Waals surface area (Å²) in [5.74, 6) is -0.161. The van der Waals surface area contributed by atoms with E-state index in [0.717, 1.165) is 5.56 Å². The van der Waals surface area contributed by atoms with Crippen molar-refractivity contribution in [2.24, 2.45) is 0 Å². The highest BCUT2D eigenvalue weighted by Crippen LogP contribution is 2.15. The number of aryl methyl sites for hydroxylation is 1. The SMILES string of the molecule is Cc1ccc(C(=O)/C(C#N)=C/c2ccc(O)cc2)cc1. The first-order chi connectivity index (χ1) is 9.60. The van der Waals surface area contributed by atoms with Crippen LogP contribution in [0.2, 0.25) is 0 Å². The summed E-state index contributed by atoms with van der Waals surface area (Å²) in [6, 6.07) is 15.3. The second-order valence-corrected chi connectivity index (χ2v) is 4.46. The minimum absolute atomic E-state index is 0.0690. The molecule has 0 spiro atoms. The summed E-state index contributed by atoms with van der Waals surface area (Å²) in [7, 11) is 0. The number of phenols is 1. The van der Waals surface area contributed by atoms with E-state index in [1.807, 2.05) is 25.1 Å². The van der Waals surface area contributed by atoms with Crippen molar-refractivity contribution in [2.75, 3.05) is 0 Å². The Morgan fingerprint density at radius 2 is 1.70 bits per heavy atom. The Bertz CT molecular complexity index is 689. The molecule has 1 N–H and O–H groups in total. The normalized spacial score (nSPS) is 10.9. The average Bonchev–Trinajstić information content (AvgIpc) is 2.47. The van der Waals surface area contributed by atoms with Gasteiger partial charge in [0.05, 0.1) is 0 Å². The molecule has 0 aliphatic rings. The first-order valence-corrected chi connectivity index (χ1v) is 6.12. The molecular weight excluding hydrogens is 250 g/mol. The summed E-state index contributed by atoms with van der Waals surface area (Å²) < 4.78 is 0. The number of phenolic OH excluding ortho intramolecular Hbond substituents is 1. The molecule has 0 heterocycles. The van der Waals surface area contributed by atoms with E-state index in [4.69, 9.17) is 5.26 Å². The number of allylic oxidation sites excluding steroid dienone is 1. The number of aromatic hydroxyl groups is 1. The van der Waals surface area contributed by atoms with Crippen LogP contribution < -0.4 is 0 Å². The fourth-order valence-electron chi connectivity index (χ4n) is 1.75. The van der Waals surface area contributed by atoms with Crippen LogP contribution in [0.5, 0.6) is 5.75 Å². The number of nitriles is 1. The smallest absolute Gasteiger partial charge is 0.203 e. The number of nitrogens with zero attached hydrogens (tertiary/aromatic N) is 1. The van der Waals surface area contributed by atoms with Crippen molar-refractivity contribution in [3.8, 4) is 11.8 Å². The summed E-state index contributed by atoms with van der Waals surface area (Å²) in [6.07, 6.45) is 1.52. The van der Waals surface area contributed by atoms with Crippen molar-refractivity contribution in [1.82, 2.24) is 0 Å². The highest BCUT2D eigenvalue weighted by molar-refractivity contribution is 6.14. The van der Waals surface area contributed by atoms with E-state index < -0.39 is 0 Å². The third-order valence-corrected chi connectivity index (χ3v) is 2.88. The van der Waals surface area contributed by atoms with Gasteiger partial charge >= 0.3 is 0 Å². The van der Waals surface area contributed by atoms with E-state index in [9.17, 15) is 9.90 Å². The third-order valence-electron chi connectivity index (χ3n) is 2.88. The van der Waals surface area contributed by atoms with Crippen LogP contribution in [0.3, 0.4) is 0 Å². The van der Waals surface area contributed by atoms with Crippen LogP contribution in [0.25, 0.3) is 6.08 Å². The van der Waals surface area contributed by atoms with Crippen LogP contribution >= 0.6 is 0 Å². The zero-order chi connectivity index (χ0) is 14.5. The minimum atomic E-state index is -0.305. The van der Waals surface area contributed by atoms with E-state index in [-0.39, 0.29) is 17.1 Å². The van der Waals surface area contributed by atoms with E-state index in [0.29, 0.717) is 11.1 Å². The Morgan fingerprint density at radius 1 is 1.10 bits per heavy atom. The fraction of sp³-hybridized carbons (Fsp3) is 0.0588. The Hall–Kier alpha value is -2.86. The molecule has 0 amide bonds. The van der Waals surface area contributed by atoms with Gasteiger partial charge in [0.25, 0.3) is 0 Å². The predicted molar refractivity (Wildman–Crippen MR) is 77.2 cm³/mol. The lowest BCUT2D eigenvalue weighted by Crippen LogP contribution is -2.01. The third kappa shape index (κ3) is 3.12. The lowest BCUT2D eigenvalue weighted by atomic mass is 10.0. The molecule has 0 fully saturated rings. The molecular formula is C17H13NO2. The molecule has 0 saturated carbocycles. The van der Waals surface area contributed by atoms with Gasteiger partial charge in [-0.2, -0.15) is 5.26 Å². The number of carbonyl (C=O) groups excluding carboxylic acids is 1. The van der Waals surface area contributed by atoms with Gasteiger partial charge in [0.15, 0.2) is 0 Å². The quantitative estimate of drug-likeness (QED) is 0.524. The maximum Gasteiger partial charge on any atom is 0.203 e. The lowest BCUT2D eigenvalue weighted by molar-refractivity contribution is 0.104. The summed E-state index contributed by atoms with van der Waals surface area (Å²) in [6.45, 7) is 1.94. The van der Waals surface area contributed by atoms with Crippen molar-refractivity contribution in [3.63, 3.8) is 0 Å². The van der Waals surface area contributed by atoms with Gasteiger partial charge in [0, 0.05) is 5.56 Å². The zero-order valence-corrected chi connectivity index (χ0v) is 11.0. The Kier molecular flexibility index (Phi) is 3.97. The monoisotopic (exact) mass is 263 g/mol. The van der Waals surface area contributed by atoms with E-state index >= 15 is 0 Å². The van der Waals surface area contributed by atoms with Crippen LogP contribution in [0.15, 0.2) is 54.1 Å². The van der Waals surface area contributed by atoms with Crippen LogP contribution in [0.1, 0.15) is 21.5 Å². The molecule has 0 aliphatic heterocycles. The summed E-state index contributed by atoms with van der Waals surface area (Å²) in [5.41, 5.74) is 2.31. The number of benzene rings is 2. The molecule has 0 saturated heterocycles. The fourth-order valence-corrected chi connectivity index (χ4v) is 1.75. The molecule has 0 radical (unpaired) electrons. The largest absolute Gasteiger partial charge is 0.508 e. The first-order valence-electron chi connectivity index (χ1n) is 6.12. The molecule has 20 heavy (non-hydrogen) atoms. The second kappa shape index (κ2) is 5.85. The highest BCUT2D eigenvalue weighted by Gasteiger charge is 2.11. The molecule has 0 aromatic heterocycles. The van der Waals surface area contributed by atoms with Gasteiger partial charge in [-0.15, -0.1) is 0 Å². The van der Waals surface area contributed by atoms with Gasteiger partial charge in [-0.3, -0.25) is 4.79 Å². The van der Waals surface area contributed by atoms with E-state index in [1.165, 1.54) is 18.2 Å². The van der Waals surface area contributed by atoms with Gasteiger partial charge in [0.2, 0.25) is 5.78 Å². The molecule has 3 heteroatoms. The van der Waals surface area contributed by atoms with Crippen LogP contribution in [0.4, 0.5) is 0 Å². The predicted octanol–water partition coefficient (Wildman–Crippen LogP) is 3.49. The maximum atomic E-state index is 12.2. The summed E-state index contributed by atoms with van der Waals surface area (Å²) in [4.78, 5) is 12.2. The number of hydrogen-bond donors (Lipinski definition) is 1. The van der Waals surface area contributed by atoms with Gasteiger partial charge in [0.1, 0.15) is 17.4 Å². The zero-order valence-electron chi connectivity index (χ0n) is 11.0. The lowest BCUT2D eigenvalue weighted by Gasteiger charge is -2.01. The van der Waals surface area contributed by atoms with Crippen molar-refractivity contribution in [1.29, 1.82) is 5.26 Å². The number of hydrogen-bond acceptors (Lipinski definition) is 3. The van der Waals surface area contributed by atoms with E-state index in [1.54, 1.807) is 24.3 Å². The van der Waals surface area contributed by atoms with Gasteiger partial charge in [-0.05, 0) is 30.7 Å². The molecule has 0 bridgehead atoms. The Labute approximate surface area is 117 Å². The van der Waals surface area contributed by atoms with Gasteiger partial charge < -0.3 is 5.11 Å². The second-order valence-electron chi connectivity index (χ2n) is 4.46. The van der Waals surface area contributed by atoms with Crippen LogP contribution in [-0.2, 0) is 0 Å². The van der Waals surface area contributed by atoms with Gasteiger partial charge in [-0.1, -0.05) is 42.0 Å². The van der Waals surface area contributed by atoms with Gasteiger partial charge in [-0.25, -0.2) is 0 Å². The summed E-state index contributed by atoms with van der Waals surface area (Å²) >= 11 is 0. The average molecular weight is 263 g/mol. The standard InChI is InChI=1S/C17H13NO2/c1-12-2-6-14(7-3-12)17(20)15(11-18)10-13-4-8-16(19)9-5-13/h2-10,19H,1H3/b15-10+. The van der Waals surface area contributed by atoms with E-state index in [2.05, 4.69) is 0 Å². The van der Waals surface area contributed by atoms with Crippen molar-refractivity contribution in [3.05, 3.63) is 70.8 Å². The number of carbonyl (C=O) groups is 1. The topological polar surface area (TPSA) is 61.1 Å². The number of Topliss-reactive ketones (excluding diaryl/α,β-unsaturated/α-hetero) is 1. The summed E-state index contributed by atoms with van der Waals surface area (Å²) in [5, 5.41) is 18.3. The molecule has 2 aromatic carbocycles. The molecule has 0 atom stereocenters. The van der Waals surface area contributed by atoms with Crippen molar-refractivity contribution >= 4 is 11.9 Å². The Morgan fingerprint density at radius 3 is 2.25 bits per heavy atom. The molecule has 2 aromatic rings. The minimum Gasteiger partial charge on any atom is -0.508 e. The maximum absolute atomic E-state index is 12.2. The van der Waals surface area contributed by atoms with Crippen molar-refractivity contribution in [2.45, 2.75) is 6.92 Å². The Balaban J connectivity index is 2.32. The number of rotatable bonds is 3. The molecule has 98 valence electrons. The molecule has 3 nitrogen and oxygen atoms in total. The number of ketones is 1.